The van der Waals surface area contributed by atoms with Crippen molar-refractivity contribution in [3.8, 4) is 22.5 Å². The highest BCUT2D eigenvalue weighted by Crippen LogP contribution is 2.43. The predicted octanol–water partition coefficient (Wildman–Crippen LogP) is 3.01. The van der Waals surface area contributed by atoms with E-state index in [4.69, 9.17) is 17.3 Å². The molecular weight excluding hydrogens is 377 g/mol. The molecule has 1 amide bonds. The predicted molar refractivity (Wildman–Crippen MR) is 97.3 cm³/mol. The number of carbonyl (C=O) groups excluding carboxylic acids is 1. The Morgan fingerprint density at radius 2 is 2.19 bits per heavy atom. The van der Waals surface area contributed by atoms with Gasteiger partial charge in [-0.1, -0.05) is 23.7 Å². The first-order chi connectivity index (χ1) is 12.4. The Morgan fingerprint density at radius 1 is 1.38 bits per heavy atom. The number of nitrogens with zero attached hydrogens (tertiary/aromatic N) is 4. The third kappa shape index (κ3) is 2.85. The quantitative estimate of drug-likeness (QED) is 0.744. The molecule has 4 rings (SSSR count). The molecule has 6 nitrogen and oxygen atoms in total. The van der Waals surface area contributed by atoms with E-state index in [2.05, 4.69) is 15.4 Å². The van der Waals surface area contributed by atoms with Gasteiger partial charge < -0.3 is 5.73 Å². The van der Waals surface area contributed by atoms with E-state index in [1.807, 2.05) is 18.2 Å². The van der Waals surface area contributed by atoms with E-state index < -0.39 is 5.82 Å². The van der Waals surface area contributed by atoms with Gasteiger partial charge in [-0.25, -0.2) is 4.39 Å². The van der Waals surface area contributed by atoms with Gasteiger partial charge in [0.15, 0.2) is 0 Å². The minimum absolute atomic E-state index is 0.180. The number of benzene rings is 2. The minimum atomic E-state index is -0.524. The molecule has 132 valence electrons. The standard InChI is InChI=1S/C17H13ClFN5OS/c1-24-22-17(21-23-24)15-11(5-9(18)6-13(15)19)8-2-3-10-12(16(20)25)7-26-14(10)4-8/h2-6,12H,7H2,1H3,(H2,20,25). The Balaban J connectivity index is 1.88. The van der Waals surface area contributed by atoms with Gasteiger partial charge in [-0.05, 0) is 40.1 Å². The van der Waals surface area contributed by atoms with Gasteiger partial charge in [0.05, 0.1) is 18.5 Å². The summed E-state index contributed by atoms with van der Waals surface area (Å²) in [7, 11) is 1.61. The van der Waals surface area contributed by atoms with Crippen molar-refractivity contribution in [3.05, 3.63) is 46.7 Å². The Kier molecular flexibility index (Phi) is 4.16. The van der Waals surface area contributed by atoms with Crippen molar-refractivity contribution < 1.29 is 9.18 Å². The summed E-state index contributed by atoms with van der Waals surface area (Å²) in [4.78, 5) is 13.8. The number of rotatable bonds is 3. The zero-order chi connectivity index (χ0) is 18.4. The lowest BCUT2D eigenvalue weighted by Crippen LogP contribution is -2.20. The molecule has 0 saturated carbocycles. The molecule has 1 aliphatic heterocycles. The number of halogens is 2. The largest absolute Gasteiger partial charge is 0.369 e. The van der Waals surface area contributed by atoms with E-state index >= 15 is 0 Å². The van der Waals surface area contributed by atoms with Gasteiger partial charge in [0.1, 0.15) is 5.82 Å². The molecule has 0 fully saturated rings. The third-order valence-corrected chi connectivity index (χ3v) is 5.62. The second-order valence-corrected chi connectivity index (χ2v) is 7.43. The average Bonchev–Trinajstić information content (AvgIpc) is 3.19. The lowest BCUT2D eigenvalue weighted by Gasteiger charge is -2.11. The van der Waals surface area contributed by atoms with E-state index in [0.717, 1.165) is 16.0 Å². The Bertz CT molecular complexity index is 1040. The second kappa shape index (κ2) is 6.37. The Morgan fingerprint density at radius 3 is 2.88 bits per heavy atom. The van der Waals surface area contributed by atoms with Crippen molar-refractivity contribution in [2.24, 2.45) is 12.8 Å². The molecule has 1 atom stereocenters. The number of carbonyl (C=O) groups is 1. The molecule has 2 N–H and O–H groups in total. The van der Waals surface area contributed by atoms with Gasteiger partial charge in [0.25, 0.3) is 0 Å². The van der Waals surface area contributed by atoms with Gasteiger partial charge in [-0.15, -0.1) is 22.0 Å². The van der Waals surface area contributed by atoms with Gasteiger partial charge >= 0.3 is 0 Å². The van der Waals surface area contributed by atoms with Gasteiger partial charge in [0.2, 0.25) is 11.7 Å². The Labute approximate surface area is 157 Å². The molecule has 9 heteroatoms. The third-order valence-electron chi connectivity index (χ3n) is 4.24. The van der Waals surface area contributed by atoms with Crippen molar-refractivity contribution >= 4 is 29.3 Å². The van der Waals surface area contributed by atoms with Crippen LogP contribution in [0.2, 0.25) is 5.02 Å². The molecule has 2 heterocycles. The fourth-order valence-corrected chi connectivity index (χ4v) is 4.51. The van der Waals surface area contributed by atoms with Crippen LogP contribution in [0.4, 0.5) is 4.39 Å². The van der Waals surface area contributed by atoms with E-state index in [0.29, 0.717) is 11.3 Å². The van der Waals surface area contributed by atoms with E-state index in [9.17, 15) is 9.18 Å². The molecule has 3 aromatic rings. The van der Waals surface area contributed by atoms with Gasteiger partial charge in [-0.3, -0.25) is 4.79 Å². The normalized spacial score (nSPS) is 15.9. The molecule has 0 bridgehead atoms. The van der Waals surface area contributed by atoms with Crippen molar-refractivity contribution in [2.75, 3.05) is 5.75 Å². The summed E-state index contributed by atoms with van der Waals surface area (Å²) in [6.45, 7) is 0. The SMILES string of the molecule is Cn1nnc(-c2c(F)cc(Cl)cc2-c2ccc3c(c2)SCC3C(N)=O)n1. The number of thioether (sulfide) groups is 1. The average molecular weight is 390 g/mol. The van der Waals surface area contributed by atoms with Crippen LogP contribution in [0.1, 0.15) is 11.5 Å². The fraction of sp³-hybridized carbons (Fsp3) is 0.176. The van der Waals surface area contributed by atoms with Crippen LogP contribution in [0.25, 0.3) is 22.5 Å². The van der Waals surface area contributed by atoms with Crippen LogP contribution < -0.4 is 5.73 Å². The molecule has 1 aliphatic rings. The number of hydrogen-bond donors (Lipinski definition) is 1. The number of primary amides is 1. The smallest absolute Gasteiger partial charge is 0.225 e. The van der Waals surface area contributed by atoms with Crippen molar-refractivity contribution in [1.82, 2.24) is 20.2 Å². The zero-order valence-electron chi connectivity index (χ0n) is 13.6. The zero-order valence-corrected chi connectivity index (χ0v) is 15.2. The number of aromatic nitrogens is 4. The minimum Gasteiger partial charge on any atom is -0.369 e. The number of aryl methyl sites for hydroxylation is 1. The summed E-state index contributed by atoms with van der Waals surface area (Å²) in [6.07, 6.45) is 0. The van der Waals surface area contributed by atoms with Crippen molar-refractivity contribution in [2.45, 2.75) is 10.8 Å². The Hall–Kier alpha value is -2.45. The highest BCUT2D eigenvalue weighted by atomic mass is 35.5. The van der Waals surface area contributed by atoms with Crippen LogP contribution in [0.5, 0.6) is 0 Å². The first-order valence-corrected chi connectivity index (χ1v) is 9.10. The molecule has 0 spiro atoms. The summed E-state index contributed by atoms with van der Waals surface area (Å²) in [5, 5.41) is 12.1. The molecular formula is C17H13ClFN5OS. The molecule has 0 radical (unpaired) electrons. The van der Waals surface area contributed by atoms with Crippen LogP contribution in [-0.4, -0.2) is 31.9 Å². The maximum Gasteiger partial charge on any atom is 0.225 e. The number of hydrogen-bond acceptors (Lipinski definition) is 5. The lowest BCUT2D eigenvalue weighted by atomic mass is 9.94. The monoisotopic (exact) mass is 389 g/mol. The van der Waals surface area contributed by atoms with Crippen LogP contribution >= 0.6 is 23.4 Å². The first kappa shape index (κ1) is 17.0. The molecule has 0 saturated heterocycles. The lowest BCUT2D eigenvalue weighted by molar-refractivity contribution is -0.118. The number of tetrazole rings is 1. The van der Waals surface area contributed by atoms with Crippen molar-refractivity contribution in [3.63, 3.8) is 0 Å². The van der Waals surface area contributed by atoms with E-state index in [1.54, 1.807) is 24.9 Å². The second-order valence-electron chi connectivity index (χ2n) is 5.93. The summed E-state index contributed by atoms with van der Waals surface area (Å²) >= 11 is 7.63. The highest BCUT2D eigenvalue weighted by Gasteiger charge is 2.28. The molecule has 26 heavy (non-hydrogen) atoms. The van der Waals surface area contributed by atoms with Crippen LogP contribution in [0.15, 0.2) is 35.2 Å². The maximum atomic E-state index is 14.7. The molecule has 1 unspecified atom stereocenters. The highest BCUT2D eigenvalue weighted by molar-refractivity contribution is 7.99. The van der Waals surface area contributed by atoms with Crippen molar-refractivity contribution in [1.29, 1.82) is 0 Å². The maximum absolute atomic E-state index is 14.7. The van der Waals surface area contributed by atoms with Gasteiger partial charge in [0, 0.05) is 15.7 Å². The summed E-state index contributed by atoms with van der Waals surface area (Å²) in [5.74, 6) is -0.386. The molecule has 2 aromatic carbocycles. The van der Waals surface area contributed by atoms with Gasteiger partial charge in [-0.2, -0.15) is 4.80 Å². The number of amides is 1. The van der Waals surface area contributed by atoms with Crippen LogP contribution in [-0.2, 0) is 11.8 Å². The summed E-state index contributed by atoms with van der Waals surface area (Å²) in [6, 6.07) is 8.48. The first-order valence-electron chi connectivity index (χ1n) is 7.74. The topological polar surface area (TPSA) is 86.7 Å². The number of fused-ring (bicyclic) bond motifs is 1. The fourth-order valence-electron chi connectivity index (χ4n) is 3.03. The number of nitrogens with two attached hydrogens (primary N) is 1. The van der Waals surface area contributed by atoms with Crippen LogP contribution in [0, 0.1) is 5.82 Å². The van der Waals surface area contributed by atoms with E-state index in [1.165, 1.54) is 10.9 Å². The molecule has 1 aromatic heterocycles. The van der Waals surface area contributed by atoms with E-state index in [-0.39, 0.29) is 28.2 Å². The summed E-state index contributed by atoms with van der Waals surface area (Å²) < 4.78 is 14.7. The summed E-state index contributed by atoms with van der Waals surface area (Å²) in [5.41, 5.74) is 7.91. The van der Waals surface area contributed by atoms with Crippen LogP contribution in [0.3, 0.4) is 0 Å². The molecule has 0 aliphatic carbocycles.